The van der Waals surface area contributed by atoms with E-state index in [0.717, 1.165) is 9.26 Å². The van der Waals surface area contributed by atoms with Gasteiger partial charge in [0.2, 0.25) is 0 Å². The third-order valence-corrected chi connectivity index (χ3v) is 3.67. The van der Waals surface area contributed by atoms with E-state index in [9.17, 15) is 9.59 Å². The van der Waals surface area contributed by atoms with Crippen molar-refractivity contribution >= 4 is 28.5 Å². The first-order valence-corrected chi connectivity index (χ1v) is 7.23. The van der Waals surface area contributed by atoms with E-state index in [2.05, 4.69) is 33.0 Å². The lowest BCUT2D eigenvalue weighted by atomic mass is 10.2. The van der Waals surface area contributed by atoms with Crippen LogP contribution >= 0.6 is 22.6 Å². The molecule has 2 rings (SSSR count). The van der Waals surface area contributed by atoms with Crippen molar-refractivity contribution < 1.29 is 4.79 Å². The van der Waals surface area contributed by atoms with Crippen LogP contribution in [0.25, 0.3) is 0 Å². The molecule has 0 radical (unpaired) electrons. The maximum Gasteiger partial charge on any atom is 0.266 e. The first-order chi connectivity index (χ1) is 9.58. The third kappa shape index (κ3) is 3.66. The van der Waals surface area contributed by atoms with E-state index in [0.29, 0.717) is 18.7 Å². The first kappa shape index (κ1) is 14.7. The number of amides is 1. The summed E-state index contributed by atoms with van der Waals surface area (Å²) in [5, 5.41) is 6.90. The van der Waals surface area contributed by atoms with Crippen molar-refractivity contribution in [3.05, 3.63) is 61.6 Å². The van der Waals surface area contributed by atoms with Crippen LogP contribution < -0.4 is 10.9 Å². The zero-order valence-electron chi connectivity index (χ0n) is 11.0. The predicted molar refractivity (Wildman–Crippen MR) is 84.7 cm³/mol. The van der Waals surface area contributed by atoms with E-state index in [1.807, 2.05) is 25.1 Å². The average Bonchev–Trinajstić information content (AvgIpc) is 2.43. The largest absolute Gasteiger partial charge is 0.350 e. The summed E-state index contributed by atoms with van der Waals surface area (Å²) < 4.78 is 2.25. The van der Waals surface area contributed by atoms with Crippen LogP contribution in [0.15, 0.2) is 41.2 Å². The van der Waals surface area contributed by atoms with Crippen molar-refractivity contribution in [3.63, 3.8) is 0 Å². The van der Waals surface area contributed by atoms with Crippen molar-refractivity contribution in [1.82, 2.24) is 15.1 Å². The number of hydrogen-bond acceptors (Lipinski definition) is 3. The summed E-state index contributed by atoms with van der Waals surface area (Å²) in [4.78, 5) is 23.5. The fourth-order valence-corrected chi connectivity index (χ4v) is 2.36. The highest BCUT2D eigenvalue weighted by Crippen LogP contribution is 2.10. The molecule has 0 aliphatic rings. The third-order valence-electron chi connectivity index (χ3n) is 2.73. The number of aryl methyl sites for hydroxylation is 1. The van der Waals surface area contributed by atoms with Gasteiger partial charge in [-0.25, -0.2) is 4.68 Å². The Morgan fingerprint density at radius 1 is 1.30 bits per heavy atom. The van der Waals surface area contributed by atoms with Gasteiger partial charge in [0, 0.05) is 16.2 Å². The molecule has 1 heterocycles. The van der Waals surface area contributed by atoms with E-state index in [1.54, 1.807) is 12.1 Å². The average molecular weight is 383 g/mol. The van der Waals surface area contributed by atoms with E-state index in [4.69, 9.17) is 0 Å². The molecule has 0 atom stereocenters. The number of hydrogen-bond donors (Lipinski definition) is 1. The highest BCUT2D eigenvalue weighted by atomic mass is 127. The minimum absolute atomic E-state index is 0.143. The maximum atomic E-state index is 12.0. The molecule has 6 heteroatoms. The van der Waals surface area contributed by atoms with Gasteiger partial charge in [-0.1, -0.05) is 12.1 Å². The smallest absolute Gasteiger partial charge is 0.266 e. The van der Waals surface area contributed by atoms with Crippen LogP contribution in [0.5, 0.6) is 0 Å². The Morgan fingerprint density at radius 2 is 2.05 bits per heavy atom. The van der Waals surface area contributed by atoms with E-state index in [-0.39, 0.29) is 11.5 Å². The van der Waals surface area contributed by atoms with Crippen LogP contribution in [-0.2, 0) is 6.54 Å². The number of nitrogens with one attached hydrogen (secondary N) is 1. The van der Waals surface area contributed by atoms with Crippen molar-refractivity contribution in [2.24, 2.45) is 0 Å². The minimum Gasteiger partial charge on any atom is -0.350 e. The molecule has 0 aliphatic heterocycles. The summed E-state index contributed by atoms with van der Waals surface area (Å²) in [7, 11) is 0. The Balaban J connectivity index is 1.96. The second-order valence-corrected chi connectivity index (χ2v) is 5.43. The van der Waals surface area contributed by atoms with E-state index >= 15 is 0 Å². The summed E-state index contributed by atoms with van der Waals surface area (Å²) in [5.74, 6) is -0.143. The number of carbonyl (C=O) groups excluding carboxylic acids is 1. The monoisotopic (exact) mass is 383 g/mol. The lowest BCUT2D eigenvalue weighted by molar-refractivity contribution is 0.0951. The number of nitrogens with zero attached hydrogens (tertiary/aromatic N) is 2. The molecule has 1 N–H and O–H groups in total. The van der Waals surface area contributed by atoms with Crippen LogP contribution in [-0.4, -0.2) is 22.2 Å². The van der Waals surface area contributed by atoms with Crippen molar-refractivity contribution in [1.29, 1.82) is 0 Å². The first-order valence-electron chi connectivity index (χ1n) is 6.15. The summed E-state index contributed by atoms with van der Waals surface area (Å²) in [6, 6.07) is 10.5. The molecule has 1 aromatic heterocycles. The molecule has 0 unspecified atom stereocenters. The van der Waals surface area contributed by atoms with E-state index in [1.165, 1.54) is 10.7 Å². The molecule has 5 nitrogen and oxygen atoms in total. The Kier molecular flexibility index (Phi) is 4.89. The molecule has 0 saturated carbocycles. The SMILES string of the molecule is Cc1ccc(=O)n(CCNC(=O)c2ccccc2I)n1. The van der Waals surface area contributed by atoms with Gasteiger partial charge in [0.1, 0.15) is 0 Å². The van der Waals surface area contributed by atoms with Crippen LogP contribution in [0, 0.1) is 10.5 Å². The molecule has 0 fully saturated rings. The molecule has 0 saturated heterocycles. The molecular weight excluding hydrogens is 369 g/mol. The van der Waals surface area contributed by atoms with Crippen LogP contribution in [0.2, 0.25) is 0 Å². The Bertz CT molecular complexity index is 682. The fraction of sp³-hybridized carbons (Fsp3) is 0.214. The zero-order valence-corrected chi connectivity index (χ0v) is 13.1. The van der Waals surface area contributed by atoms with Crippen LogP contribution in [0.1, 0.15) is 16.1 Å². The van der Waals surface area contributed by atoms with Gasteiger partial charge < -0.3 is 5.32 Å². The van der Waals surface area contributed by atoms with Gasteiger partial charge in [0.05, 0.1) is 17.8 Å². The van der Waals surface area contributed by atoms with Gasteiger partial charge in [0.15, 0.2) is 0 Å². The van der Waals surface area contributed by atoms with Crippen molar-refractivity contribution in [2.75, 3.05) is 6.54 Å². The normalized spacial score (nSPS) is 10.3. The molecule has 2 aromatic rings. The molecule has 0 spiro atoms. The summed E-state index contributed by atoms with van der Waals surface area (Å²) in [6.07, 6.45) is 0. The van der Waals surface area contributed by atoms with Gasteiger partial charge in [0.25, 0.3) is 11.5 Å². The number of rotatable bonds is 4. The lowest BCUT2D eigenvalue weighted by Crippen LogP contribution is -2.32. The molecule has 1 aromatic carbocycles. The number of carbonyl (C=O) groups is 1. The van der Waals surface area contributed by atoms with Gasteiger partial charge in [-0.15, -0.1) is 0 Å². The molecular formula is C14H14IN3O2. The van der Waals surface area contributed by atoms with Crippen LogP contribution in [0.3, 0.4) is 0 Å². The van der Waals surface area contributed by atoms with Gasteiger partial charge in [-0.2, -0.15) is 5.10 Å². The molecule has 0 aliphatic carbocycles. The minimum atomic E-state index is -0.167. The Morgan fingerprint density at radius 3 is 2.80 bits per heavy atom. The summed E-state index contributed by atoms with van der Waals surface area (Å²) >= 11 is 2.12. The quantitative estimate of drug-likeness (QED) is 0.816. The summed E-state index contributed by atoms with van der Waals surface area (Å²) in [6.45, 7) is 2.54. The van der Waals surface area contributed by atoms with Gasteiger partial charge in [-0.05, 0) is 47.7 Å². The standard InChI is InChI=1S/C14H14IN3O2/c1-10-6-7-13(19)18(17-10)9-8-16-14(20)11-4-2-3-5-12(11)15/h2-7H,8-9H2,1H3,(H,16,20). The second kappa shape index (κ2) is 6.65. The maximum absolute atomic E-state index is 12.0. The number of aromatic nitrogens is 2. The highest BCUT2D eigenvalue weighted by Gasteiger charge is 2.08. The fourth-order valence-electron chi connectivity index (χ4n) is 1.73. The number of benzene rings is 1. The Hall–Kier alpha value is -1.70. The molecule has 1 amide bonds. The zero-order chi connectivity index (χ0) is 14.5. The van der Waals surface area contributed by atoms with Crippen molar-refractivity contribution in [3.8, 4) is 0 Å². The predicted octanol–water partition coefficient (Wildman–Crippen LogP) is 1.59. The molecule has 20 heavy (non-hydrogen) atoms. The van der Waals surface area contributed by atoms with Crippen LogP contribution in [0.4, 0.5) is 0 Å². The number of halogens is 1. The molecule has 104 valence electrons. The Labute approximate surface area is 130 Å². The highest BCUT2D eigenvalue weighted by molar-refractivity contribution is 14.1. The van der Waals surface area contributed by atoms with E-state index < -0.39 is 0 Å². The topological polar surface area (TPSA) is 64.0 Å². The molecule has 0 bridgehead atoms. The van der Waals surface area contributed by atoms with Gasteiger partial charge in [-0.3, -0.25) is 9.59 Å². The van der Waals surface area contributed by atoms with Gasteiger partial charge >= 0.3 is 0 Å². The second-order valence-electron chi connectivity index (χ2n) is 4.27. The van der Waals surface area contributed by atoms with Crippen molar-refractivity contribution in [2.45, 2.75) is 13.5 Å². The summed E-state index contributed by atoms with van der Waals surface area (Å²) in [5.41, 5.74) is 1.24. The lowest BCUT2D eigenvalue weighted by Gasteiger charge is -2.08.